The second kappa shape index (κ2) is 3.40. The first-order chi connectivity index (χ1) is 3.18. The normalized spacial score (nSPS) is 11.1. The Morgan fingerprint density at radius 1 is 1.43 bits per heavy atom. The van der Waals surface area contributed by atoms with Crippen molar-refractivity contribution in [3.05, 3.63) is 0 Å². The van der Waals surface area contributed by atoms with E-state index in [-0.39, 0.29) is 8.07 Å². The van der Waals surface area contributed by atoms with Crippen LogP contribution in [0.25, 0.3) is 0 Å². The Morgan fingerprint density at radius 2 is 1.86 bits per heavy atom. The quantitative estimate of drug-likeness (QED) is 0.499. The van der Waals surface area contributed by atoms with Gasteiger partial charge >= 0.3 is 0 Å². The van der Waals surface area contributed by atoms with E-state index in [0.717, 1.165) is 0 Å². The van der Waals surface area contributed by atoms with Gasteiger partial charge in [-0.2, -0.15) is 0 Å². The molecule has 0 saturated carbocycles. The summed E-state index contributed by atoms with van der Waals surface area (Å²) in [7, 11) is 2.33. The molecule has 0 aliphatic carbocycles. The van der Waals surface area contributed by atoms with Crippen LogP contribution in [-0.4, -0.2) is 31.6 Å². The third-order valence-corrected chi connectivity index (χ3v) is 2.79. The first-order valence-electron chi connectivity index (χ1n) is 2.56. The lowest BCUT2D eigenvalue weighted by atomic mass is 10.8. The minimum Gasteiger partial charge on any atom is -0.286 e. The van der Waals surface area contributed by atoms with Gasteiger partial charge in [-0.1, -0.05) is 6.92 Å². The van der Waals surface area contributed by atoms with Crippen molar-refractivity contribution >= 4 is 8.07 Å². The molecule has 0 aliphatic rings. The van der Waals surface area contributed by atoms with Crippen LogP contribution in [0, 0.1) is 0 Å². The highest BCUT2D eigenvalue weighted by Gasteiger charge is 1.95. The van der Waals surface area contributed by atoms with E-state index in [9.17, 15) is 0 Å². The average molecular weight is 119 g/mol. The van der Waals surface area contributed by atoms with E-state index in [1.807, 2.05) is 0 Å². The van der Waals surface area contributed by atoms with Crippen molar-refractivity contribution < 1.29 is 0 Å². The topological polar surface area (TPSA) is 3.24 Å². The van der Waals surface area contributed by atoms with Crippen molar-refractivity contribution in [2.24, 2.45) is 0 Å². The molecule has 0 aromatic rings. The molecule has 0 aliphatic heterocycles. The molecule has 0 amide bonds. The minimum atomic E-state index is 0.172. The van der Waals surface area contributed by atoms with Gasteiger partial charge in [0, 0.05) is 0 Å². The molecule has 0 radical (unpaired) electrons. The SMILES string of the molecule is CCN(C)P(C)C. The van der Waals surface area contributed by atoms with Crippen LogP contribution in [0.2, 0.25) is 0 Å². The molecule has 0 fully saturated rings. The van der Waals surface area contributed by atoms with Gasteiger partial charge in [-0.25, -0.2) is 0 Å². The van der Waals surface area contributed by atoms with Crippen molar-refractivity contribution in [3.8, 4) is 0 Å². The summed E-state index contributed by atoms with van der Waals surface area (Å²) in [6, 6.07) is 0. The maximum absolute atomic E-state index is 2.36. The van der Waals surface area contributed by atoms with E-state index in [4.69, 9.17) is 0 Å². The van der Waals surface area contributed by atoms with Gasteiger partial charge in [0.05, 0.1) is 0 Å². The van der Waals surface area contributed by atoms with Crippen molar-refractivity contribution in [1.29, 1.82) is 0 Å². The molecule has 0 bridgehead atoms. The average Bonchev–Trinajstić information content (AvgIpc) is 1.65. The zero-order chi connectivity index (χ0) is 5.86. The zero-order valence-electron chi connectivity index (χ0n) is 5.60. The van der Waals surface area contributed by atoms with Crippen LogP contribution in [0.5, 0.6) is 0 Å². The van der Waals surface area contributed by atoms with Gasteiger partial charge in [-0.15, -0.1) is 0 Å². The molecule has 2 heteroatoms. The third kappa shape index (κ3) is 3.02. The fourth-order valence-corrected chi connectivity index (χ4v) is 0.849. The lowest BCUT2D eigenvalue weighted by molar-refractivity contribution is 0.586. The molecule has 0 atom stereocenters. The molecule has 44 valence electrons. The molecule has 0 N–H and O–H groups in total. The molecule has 0 saturated heterocycles. The van der Waals surface area contributed by atoms with Gasteiger partial charge in [-0.05, 0) is 35.0 Å². The summed E-state index contributed by atoms with van der Waals surface area (Å²) in [5.41, 5.74) is 0. The van der Waals surface area contributed by atoms with Crippen LogP contribution in [-0.2, 0) is 0 Å². The summed E-state index contributed by atoms with van der Waals surface area (Å²) in [5.74, 6) is 0. The highest BCUT2D eigenvalue weighted by atomic mass is 31.1. The summed E-state index contributed by atoms with van der Waals surface area (Å²) in [4.78, 5) is 0. The highest BCUT2D eigenvalue weighted by Crippen LogP contribution is 2.27. The van der Waals surface area contributed by atoms with Crippen molar-refractivity contribution in [1.82, 2.24) is 4.67 Å². The second-order valence-electron chi connectivity index (χ2n) is 1.82. The summed E-state index contributed by atoms with van der Waals surface area (Å²) < 4.78 is 2.36. The van der Waals surface area contributed by atoms with E-state index in [1.54, 1.807) is 0 Å². The predicted octanol–water partition coefficient (Wildman–Crippen LogP) is 1.59. The van der Waals surface area contributed by atoms with E-state index in [1.165, 1.54) is 6.54 Å². The van der Waals surface area contributed by atoms with Crippen LogP contribution >= 0.6 is 8.07 Å². The highest BCUT2D eigenvalue weighted by molar-refractivity contribution is 7.53. The molecule has 0 rings (SSSR count). The van der Waals surface area contributed by atoms with Gasteiger partial charge in [0.25, 0.3) is 0 Å². The second-order valence-corrected chi connectivity index (χ2v) is 4.20. The van der Waals surface area contributed by atoms with E-state index < -0.39 is 0 Å². The molecule has 1 nitrogen and oxygen atoms in total. The molecule has 0 heterocycles. The monoisotopic (exact) mass is 119 g/mol. The fraction of sp³-hybridized carbons (Fsp3) is 1.00. The van der Waals surface area contributed by atoms with Gasteiger partial charge in [0.1, 0.15) is 0 Å². The summed E-state index contributed by atoms with van der Waals surface area (Å²) in [6.07, 6.45) is 0. The predicted molar refractivity (Wildman–Crippen MR) is 37.1 cm³/mol. The molecule has 7 heavy (non-hydrogen) atoms. The lowest BCUT2D eigenvalue weighted by Gasteiger charge is -2.17. The Kier molecular flexibility index (Phi) is 3.59. The van der Waals surface area contributed by atoms with Crippen LogP contribution < -0.4 is 0 Å². The number of nitrogens with zero attached hydrogens (tertiary/aromatic N) is 1. The summed E-state index contributed by atoms with van der Waals surface area (Å²) >= 11 is 0. The van der Waals surface area contributed by atoms with Gasteiger partial charge in [-0.3, -0.25) is 4.67 Å². The van der Waals surface area contributed by atoms with Gasteiger partial charge in [0.15, 0.2) is 0 Å². The van der Waals surface area contributed by atoms with E-state index in [2.05, 4.69) is 32.0 Å². The van der Waals surface area contributed by atoms with Crippen molar-refractivity contribution in [2.45, 2.75) is 6.92 Å². The summed E-state index contributed by atoms with van der Waals surface area (Å²) in [5, 5.41) is 0. The Balaban J connectivity index is 3.14. The fourth-order valence-electron chi connectivity index (χ4n) is 0.283. The Bertz CT molecular complexity index is 45.3. The van der Waals surface area contributed by atoms with E-state index in [0.29, 0.717) is 0 Å². The number of rotatable bonds is 2. The van der Waals surface area contributed by atoms with Crippen LogP contribution in [0.1, 0.15) is 6.92 Å². The minimum absolute atomic E-state index is 0.172. The van der Waals surface area contributed by atoms with Crippen LogP contribution in [0.3, 0.4) is 0 Å². The molecular weight excluding hydrogens is 105 g/mol. The summed E-state index contributed by atoms with van der Waals surface area (Å²) in [6.45, 7) is 7.89. The molecule has 0 aromatic carbocycles. The zero-order valence-corrected chi connectivity index (χ0v) is 6.50. The Morgan fingerprint density at radius 3 is 1.86 bits per heavy atom. The smallest absolute Gasteiger partial charge is 0.00108 e. The first-order valence-corrected chi connectivity index (χ1v) is 4.75. The molecule has 0 aromatic heterocycles. The number of hydrogen-bond donors (Lipinski definition) is 0. The lowest BCUT2D eigenvalue weighted by Crippen LogP contribution is -2.08. The van der Waals surface area contributed by atoms with E-state index >= 15 is 0 Å². The molecular formula is C5H14NP. The maximum Gasteiger partial charge on any atom is -0.00108 e. The van der Waals surface area contributed by atoms with Crippen LogP contribution in [0.15, 0.2) is 0 Å². The van der Waals surface area contributed by atoms with Crippen molar-refractivity contribution in [3.63, 3.8) is 0 Å². The number of hydrogen-bond acceptors (Lipinski definition) is 1. The largest absolute Gasteiger partial charge is 0.286 e. The van der Waals surface area contributed by atoms with Crippen molar-refractivity contribution in [2.75, 3.05) is 26.9 Å². The molecule has 0 unspecified atom stereocenters. The Hall–Kier alpha value is 0.390. The molecule has 0 spiro atoms. The Labute approximate surface area is 47.5 Å². The van der Waals surface area contributed by atoms with Gasteiger partial charge in [0.2, 0.25) is 0 Å². The standard InChI is InChI=1S/C5H14NP/c1-5-6(2)7(3)4/h5H2,1-4H3. The maximum atomic E-state index is 2.36. The third-order valence-electron chi connectivity index (χ3n) is 1.14. The van der Waals surface area contributed by atoms with Crippen LogP contribution in [0.4, 0.5) is 0 Å². The first kappa shape index (κ1) is 7.39. The van der Waals surface area contributed by atoms with Gasteiger partial charge < -0.3 is 0 Å².